The summed E-state index contributed by atoms with van der Waals surface area (Å²) in [6.45, 7) is 5.51. The quantitative estimate of drug-likeness (QED) is 0.291. The molecule has 8 rings (SSSR count). The van der Waals surface area contributed by atoms with Crippen molar-refractivity contribution in [3.63, 3.8) is 0 Å². The molecule has 4 nitrogen and oxygen atoms in total. The number of rotatable bonds is 3. The monoisotopic (exact) mass is 535 g/mol. The molecule has 4 heteroatoms. The fourth-order valence-electron chi connectivity index (χ4n) is 7.58. The average Bonchev–Trinajstić information content (AvgIpc) is 3.27. The Balaban J connectivity index is 1.25. The van der Waals surface area contributed by atoms with Gasteiger partial charge in [0.25, 0.3) is 0 Å². The number of allylic oxidation sites excluding steroid dienone is 2. The van der Waals surface area contributed by atoms with Crippen LogP contribution in [0.4, 0.5) is 0 Å². The molecule has 1 N–H and O–H groups in total. The van der Waals surface area contributed by atoms with Gasteiger partial charge in [0, 0.05) is 23.0 Å². The van der Waals surface area contributed by atoms with Gasteiger partial charge in [-0.2, -0.15) is 0 Å². The largest absolute Gasteiger partial charge is 0.493 e. The van der Waals surface area contributed by atoms with E-state index < -0.39 is 0 Å². The van der Waals surface area contributed by atoms with Crippen LogP contribution >= 0.6 is 0 Å². The van der Waals surface area contributed by atoms with Crippen molar-refractivity contribution in [2.45, 2.75) is 50.3 Å². The second-order valence-corrected chi connectivity index (χ2v) is 12.2. The Kier molecular flexibility index (Phi) is 5.53. The Bertz CT molecular complexity index is 1730. The van der Waals surface area contributed by atoms with Gasteiger partial charge in [-0.1, -0.05) is 111 Å². The highest BCUT2D eigenvalue weighted by atomic mass is 16.5. The third-order valence-corrected chi connectivity index (χ3v) is 9.65. The van der Waals surface area contributed by atoms with E-state index in [9.17, 15) is 0 Å². The van der Waals surface area contributed by atoms with E-state index in [-0.39, 0.29) is 17.5 Å². The molecule has 0 spiro atoms. The molecule has 2 aliphatic carbocycles. The van der Waals surface area contributed by atoms with E-state index in [0.29, 0.717) is 18.4 Å². The van der Waals surface area contributed by atoms with Crippen molar-refractivity contribution in [2.24, 2.45) is 15.9 Å². The van der Waals surface area contributed by atoms with Gasteiger partial charge in [-0.05, 0) is 57.7 Å². The molecule has 0 fully saturated rings. The van der Waals surface area contributed by atoms with E-state index in [0.717, 1.165) is 40.5 Å². The van der Waals surface area contributed by atoms with E-state index in [1.54, 1.807) is 0 Å². The van der Waals surface area contributed by atoms with E-state index in [1.807, 2.05) is 12.1 Å². The number of nitrogens with zero attached hydrogens (tertiary/aromatic N) is 2. The standard InChI is InChI=1S/C37H33N3O/c1-37(2)29-18-17-25(21-28(29)32-30(37)19-20-31-33(32)27-16-10-9-15-26(27)22-41-31)36-39-34(23-11-5-3-6-12-23)38-35(40-36)24-13-7-4-8-14-24/h3-18,20-21,30,32-34H,19,22H2,1-2H3,(H,38,39,40). The van der Waals surface area contributed by atoms with Gasteiger partial charge in [0.1, 0.15) is 24.0 Å². The summed E-state index contributed by atoms with van der Waals surface area (Å²) in [7, 11) is 0. The number of hydrogen-bond donors (Lipinski definition) is 1. The minimum Gasteiger partial charge on any atom is -0.493 e. The van der Waals surface area contributed by atoms with Crippen LogP contribution in [0.2, 0.25) is 0 Å². The summed E-state index contributed by atoms with van der Waals surface area (Å²) in [5.74, 6) is 3.97. The molecule has 4 atom stereocenters. The lowest BCUT2D eigenvalue weighted by Crippen LogP contribution is -2.36. The lowest BCUT2D eigenvalue weighted by Gasteiger charge is -2.42. The number of hydrogen-bond acceptors (Lipinski definition) is 4. The maximum Gasteiger partial charge on any atom is 0.169 e. The van der Waals surface area contributed by atoms with Crippen molar-refractivity contribution >= 4 is 11.7 Å². The number of fused-ring (bicyclic) bond motifs is 7. The molecule has 0 bridgehead atoms. The van der Waals surface area contributed by atoms with Gasteiger partial charge in [-0.3, -0.25) is 0 Å². The average molecular weight is 536 g/mol. The minimum absolute atomic E-state index is 0.0674. The molecule has 4 aliphatic rings. The molecule has 0 saturated heterocycles. The van der Waals surface area contributed by atoms with Crippen LogP contribution in [-0.2, 0) is 16.8 Å². The third-order valence-electron chi connectivity index (χ3n) is 9.65. The molecule has 4 aromatic rings. The van der Waals surface area contributed by atoms with Crippen LogP contribution in [0.3, 0.4) is 0 Å². The number of nitrogens with one attached hydrogen (secondary N) is 1. The Morgan fingerprint density at radius 3 is 2.27 bits per heavy atom. The highest BCUT2D eigenvalue weighted by Gasteiger charge is 2.52. The first-order valence-electron chi connectivity index (χ1n) is 14.7. The second kappa shape index (κ2) is 9.31. The summed E-state index contributed by atoms with van der Waals surface area (Å²) >= 11 is 0. The number of benzene rings is 4. The Morgan fingerprint density at radius 2 is 1.46 bits per heavy atom. The minimum atomic E-state index is -0.303. The zero-order chi connectivity index (χ0) is 27.6. The summed E-state index contributed by atoms with van der Waals surface area (Å²) in [5, 5.41) is 3.61. The predicted octanol–water partition coefficient (Wildman–Crippen LogP) is 7.77. The number of amidine groups is 2. The van der Waals surface area contributed by atoms with Gasteiger partial charge in [-0.25, -0.2) is 9.98 Å². The van der Waals surface area contributed by atoms with Crippen LogP contribution in [0.5, 0.6) is 0 Å². The number of ether oxygens (including phenoxy) is 1. The highest BCUT2D eigenvalue weighted by Crippen LogP contribution is 2.62. The van der Waals surface area contributed by atoms with Crippen LogP contribution in [0.1, 0.15) is 77.2 Å². The molecule has 202 valence electrons. The molecular weight excluding hydrogens is 502 g/mol. The molecule has 2 aliphatic heterocycles. The normalized spacial score (nSPS) is 25.2. The molecule has 0 saturated carbocycles. The molecule has 0 amide bonds. The van der Waals surface area contributed by atoms with Crippen LogP contribution in [0.15, 0.2) is 125 Å². The van der Waals surface area contributed by atoms with Crippen LogP contribution < -0.4 is 5.32 Å². The van der Waals surface area contributed by atoms with Crippen molar-refractivity contribution in [3.05, 3.63) is 154 Å². The lowest BCUT2D eigenvalue weighted by atomic mass is 9.65. The predicted molar refractivity (Wildman–Crippen MR) is 164 cm³/mol. The van der Waals surface area contributed by atoms with E-state index in [2.05, 4.69) is 116 Å². The topological polar surface area (TPSA) is 46.0 Å². The van der Waals surface area contributed by atoms with E-state index >= 15 is 0 Å². The molecule has 4 unspecified atom stereocenters. The van der Waals surface area contributed by atoms with Crippen LogP contribution in [0, 0.1) is 5.92 Å². The summed E-state index contributed by atoms with van der Waals surface area (Å²) in [4.78, 5) is 10.2. The smallest absolute Gasteiger partial charge is 0.169 e. The zero-order valence-corrected chi connectivity index (χ0v) is 23.4. The molecular formula is C37H33N3O. The maximum absolute atomic E-state index is 6.38. The summed E-state index contributed by atoms with van der Waals surface area (Å²) in [6, 6.07) is 36.6. The first-order chi connectivity index (χ1) is 20.1. The molecule has 41 heavy (non-hydrogen) atoms. The van der Waals surface area contributed by atoms with E-state index in [4.69, 9.17) is 14.7 Å². The summed E-state index contributed by atoms with van der Waals surface area (Å²) in [5.41, 5.74) is 8.92. The van der Waals surface area contributed by atoms with Gasteiger partial charge >= 0.3 is 0 Å². The van der Waals surface area contributed by atoms with Gasteiger partial charge in [-0.15, -0.1) is 0 Å². The first kappa shape index (κ1) is 24.4. The first-order valence-corrected chi connectivity index (χ1v) is 14.7. The van der Waals surface area contributed by atoms with Crippen molar-refractivity contribution in [3.8, 4) is 0 Å². The Labute approximate surface area is 241 Å². The van der Waals surface area contributed by atoms with Crippen molar-refractivity contribution in [1.29, 1.82) is 0 Å². The molecule has 0 radical (unpaired) electrons. The van der Waals surface area contributed by atoms with Crippen molar-refractivity contribution in [1.82, 2.24) is 5.32 Å². The fraction of sp³-hybridized carbons (Fsp3) is 0.243. The van der Waals surface area contributed by atoms with Crippen LogP contribution in [-0.4, -0.2) is 11.7 Å². The zero-order valence-electron chi connectivity index (χ0n) is 23.4. The van der Waals surface area contributed by atoms with Gasteiger partial charge in [0.2, 0.25) is 0 Å². The maximum atomic E-state index is 6.38. The third kappa shape index (κ3) is 3.88. The lowest BCUT2D eigenvalue weighted by molar-refractivity contribution is 0.130. The molecule has 4 aromatic carbocycles. The van der Waals surface area contributed by atoms with E-state index in [1.165, 1.54) is 22.3 Å². The van der Waals surface area contributed by atoms with Crippen LogP contribution in [0.25, 0.3) is 0 Å². The summed E-state index contributed by atoms with van der Waals surface area (Å²) in [6.07, 6.45) is 3.11. The second-order valence-electron chi connectivity index (χ2n) is 12.2. The Hall–Kier alpha value is -4.44. The fourth-order valence-corrected chi connectivity index (χ4v) is 7.58. The SMILES string of the molecule is CC1(C)c2ccc(C3=NC(c4ccccc4)N=C(c4ccccc4)N3)cc2C2C3C(=CCC21)OCc1ccccc13. The Morgan fingerprint density at radius 1 is 0.756 bits per heavy atom. The van der Waals surface area contributed by atoms with Gasteiger partial charge in [0.05, 0.1) is 0 Å². The highest BCUT2D eigenvalue weighted by molar-refractivity contribution is 6.16. The van der Waals surface area contributed by atoms with Crippen molar-refractivity contribution < 1.29 is 4.74 Å². The molecule has 0 aromatic heterocycles. The van der Waals surface area contributed by atoms with Gasteiger partial charge < -0.3 is 10.1 Å². The van der Waals surface area contributed by atoms with Gasteiger partial charge in [0.15, 0.2) is 6.17 Å². The summed E-state index contributed by atoms with van der Waals surface area (Å²) < 4.78 is 6.38. The number of aliphatic imine (C=N–C) groups is 2. The molecule has 2 heterocycles. The van der Waals surface area contributed by atoms with Crippen molar-refractivity contribution in [2.75, 3.05) is 0 Å².